The van der Waals surface area contributed by atoms with E-state index in [-0.39, 0.29) is 12.3 Å². The molecule has 1 aliphatic heterocycles. The van der Waals surface area contributed by atoms with Gasteiger partial charge in [-0.1, -0.05) is 0 Å². The monoisotopic (exact) mass is 243 g/mol. The van der Waals surface area contributed by atoms with Crippen molar-refractivity contribution in [3.8, 4) is 0 Å². The van der Waals surface area contributed by atoms with Crippen molar-refractivity contribution >= 4 is 11.7 Å². The van der Waals surface area contributed by atoms with E-state index in [4.69, 9.17) is 15.2 Å². The van der Waals surface area contributed by atoms with Crippen LogP contribution in [-0.4, -0.2) is 25.3 Å². The lowest BCUT2D eigenvalue weighted by molar-refractivity contribution is 0.0265. The number of nitrogens with two attached hydrogens (primary N) is 1. The third kappa shape index (κ3) is 2.52. The zero-order valence-corrected chi connectivity index (χ0v) is 8.91. The first kappa shape index (κ1) is 11.8. The molecule has 1 aliphatic rings. The molecule has 2 N–H and O–H groups in total. The number of esters is 1. The fraction of sp³-hybridized carbons (Fsp3) is 0.364. The van der Waals surface area contributed by atoms with Gasteiger partial charge < -0.3 is 15.2 Å². The van der Waals surface area contributed by atoms with Crippen LogP contribution in [0.3, 0.4) is 0 Å². The van der Waals surface area contributed by atoms with Crippen LogP contribution in [0.4, 0.5) is 14.5 Å². The maximum atomic E-state index is 13.4. The number of hydrogen-bond acceptors (Lipinski definition) is 4. The first-order chi connectivity index (χ1) is 8.08. The Balaban J connectivity index is 2.15. The average molecular weight is 243 g/mol. The highest BCUT2D eigenvalue weighted by atomic mass is 19.1. The Morgan fingerprint density at radius 1 is 1.41 bits per heavy atom. The molecule has 1 saturated heterocycles. The maximum Gasteiger partial charge on any atom is 0.341 e. The highest BCUT2D eigenvalue weighted by Gasteiger charge is 2.23. The topological polar surface area (TPSA) is 61.6 Å². The number of carbonyl (C=O) groups excluding carboxylic acids is 1. The number of rotatable bonds is 2. The largest absolute Gasteiger partial charge is 0.456 e. The minimum Gasteiger partial charge on any atom is -0.456 e. The Bertz CT molecular complexity index is 445. The zero-order valence-electron chi connectivity index (χ0n) is 8.91. The molecule has 1 aromatic rings. The fourth-order valence-corrected chi connectivity index (χ4v) is 1.54. The highest BCUT2D eigenvalue weighted by molar-refractivity contribution is 5.90. The predicted octanol–water partition coefficient (Wildman–Crippen LogP) is 1.49. The van der Waals surface area contributed by atoms with Crippen molar-refractivity contribution < 1.29 is 23.0 Å². The van der Waals surface area contributed by atoms with Gasteiger partial charge in [-0.05, 0) is 6.07 Å². The molecule has 1 fully saturated rings. The van der Waals surface area contributed by atoms with E-state index < -0.39 is 29.3 Å². The van der Waals surface area contributed by atoms with Gasteiger partial charge in [0.2, 0.25) is 0 Å². The van der Waals surface area contributed by atoms with E-state index in [1.54, 1.807) is 0 Å². The molecule has 0 spiro atoms. The number of ether oxygens (including phenoxy) is 2. The molecule has 92 valence electrons. The third-order valence-electron chi connectivity index (χ3n) is 2.47. The first-order valence-electron chi connectivity index (χ1n) is 5.11. The van der Waals surface area contributed by atoms with Crippen molar-refractivity contribution in [1.29, 1.82) is 0 Å². The van der Waals surface area contributed by atoms with Gasteiger partial charge in [-0.3, -0.25) is 0 Å². The van der Waals surface area contributed by atoms with Crippen LogP contribution in [0.25, 0.3) is 0 Å². The smallest absolute Gasteiger partial charge is 0.341 e. The van der Waals surface area contributed by atoms with Crippen molar-refractivity contribution in [2.75, 3.05) is 18.9 Å². The standard InChI is InChI=1S/C11H11F2NO3/c12-8-4-10(14)9(13)3-7(8)11(15)17-6-1-2-16-5-6/h3-4,6H,1-2,5,14H2. The maximum absolute atomic E-state index is 13.4. The van der Waals surface area contributed by atoms with Gasteiger partial charge in [-0.15, -0.1) is 0 Å². The lowest BCUT2D eigenvalue weighted by Crippen LogP contribution is -2.19. The normalized spacial score (nSPS) is 19.3. The zero-order chi connectivity index (χ0) is 12.4. The van der Waals surface area contributed by atoms with Crippen LogP contribution in [0.15, 0.2) is 12.1 Å². The van der Waals surface area contributed by atoms with E-state index in [9.17, 15) is 13.6 Å². The molecule has 1 atom stereocenters. The van der Waals surface area contributed by atoms with E-state index in [0.717, 1.165) is 12.1 Å². The van der Waals surface area contributed by atoms with E-state index in [1.165, 1.54) is 0 Å². The minimum atomic E-state index is -0.906. The summed E-state index contributed by atoms with van der Waals surface area (Å²) < 4.78 is 36.4. The van der Waals surface area contributed by atoms with Gasteiger partial charge in [0, 0.05) is 12.5 Å². The van der Waals surface area contributed by atoms with Crippen LogP contribution in [0, 0.1) is 11.6 Å². The van der Waals surface area contributed by atoms with E-state index in [1.807, 2.05) is 0 Å². The van der Waals surface area contributed by atoms with Gasteiger partial charge in [0.25, 0.3) is 0 Å². The molecule has 17 heavy (non-hydrogen) atoms. The van der Waals surface area contributed by atoms with E-state index in [0.29, 0.717) is 13.0 Å². The molecule has 0 saturated carbocycles. The van der Waals surface area contributed by atoms with Crippen molar-refractivity contribution in [2.45, 2.75) is 12.5 Å². The number of anilines is 1. The summed E-state index contributed by atoms with van der Waals surface area (Å²) in [6.45, 7) is 0.779. The van der Waals surface area contributed by atoms with E-state index >= 15 is 0 Å². The molecule has 1 unspecified atom stereocenters. The average Bonchev–Trinajstić information content (AvgIpc) is 2.76. The Kier molecular flexibility index (Phi) is 3.23. The predicted molar refractivity (Wildman–Crippen MR) is 55.4 cm³/mol. The lowest BCUT2D eigenvalue weighted by Gasteiger charge is -2.10. The molecule has 0 radical (unpaired) electrons. The Hall–Kier alpha value is -1.69. The van der Waals surface area contributed by atoms with Crippen LogP contribution in [0.2, 0.25) is 0 Å². The number of benzene rings is 1. The molecule has 0 bridgehead atoms. The SMILES string of the molecule is Nc1cc(F)c(C(=O)OC2CCOC2)cc1F. The summed E-state index contributed by atoms with van der Waals surface area (Å²) in [5.74, 6) is -2.65. The molecule has 0 amide bonds. The van der Waals surface area contributed by atoms with Crippen LogP contribution in [0.5, 0.6) is 0 Å². The summed E-state index contributed by atoms with van der Waals surface area (Å²) in [6, 6.07) is 1.50. The first-order valence-corrected chi connectivity index (χ1v) is 5.11. The van der Waals surface area contributed by atoms with Gasteiger partial charge in [0.05, 0.1) is 24.5 Å². The van der Waals surface area contributed by atoms with Gasteiger partial charge in [0.1, 0.15) is 17.7 Å². The van der Waals surface area contributed by atoms with E-state index in [2.05, 4.69) is 0 Å². The highest BCUT2D eigenvalue weighted by Crippen LogP contribution is 2.19. The molecule has 0 aromatic heterocycles. The van der Waals surface area contributed by atoms with Crippen molar-refractivity contribution in [2.24, 2.45) is 0 Å². The molecule has 1 aromatic carbocycles. The summed E-state index contributed by atoms with van der Waals surface area (Å²) in [5, 5.41) is 0. The number of nitrogen functional groups attached to an aromatic ring is 1. The quantitative estimate of drug-likeness (QED) is 0.631. The summed E-state index contributed by atoms with van der Waals surface area (Å²) in [6.07, 6.45) is 0.160. The van der Waals surface area contributed by atoms with Gasteiger partial charge in [-0.25, -0.2) is 13.6 Å². The van der Waals surface area contributed by atoms with Gasteiger partial charge in [-0.2, -0.15) is 0 Å². The molecular formula is C11H11F2NO3. The molecule has 2 rings (SSSR count). The van der Waals surface area contributed by atoms with Gasteiger partial charge >= 0.3 is 5.97 Å². The second-order valence-electron chi connectivity index (χ2n) is 3.74. The Labute approximate surface area is 96.3 Å². The molecule has 6 heteroatoms. The molecule has 1 heterocycles. The number of halogens is 2. The Morgan fingerprint density at radius 3 is 2.82 bits per heavy atom. The van der Waals surface area contributed by atoms with Gasteiger partial charge in [0.15, 0.2) is 0 Å². The molecule has 0 aliphatic carbocycles. The summed E-state index contributed by atoms with van der Waals surface area (Å²) >= 11 is 0. The molecular weight excluding hydrogens is 232 g/mol. The third-order valence-corrected chi connectivity index (χ3v) is 2.47. The van der Waals surface area contributed by atoms with Crippen LogP contribution in [0.1, 0.15) is 16.8 Å². The Morgan fingerprint density at radius 2 is 2.18 bits per heavy atom. The van der Waals surface area contributed by atoms with Crippen molar-refractivity contribution in [3.05, 3.63) is 29.3 Å². The number of hydrogen-bond donors (Lipinski definition) is 1. The second-order valence-corrected chi connectivity index (χ2v) is 3.74. The lowest BCUT2D eigenvalue weighted by atomic mass is 10.2. The second kappa shape index (κ2) is 4.67. The van der Waals surface area contributed by atoms with Crippen molar-refractivity contribution in [3.63, 3.8) is 0 Å². The summed E-state index contributed by atoms with van der Waals surface area (Å²) in [7, 11) is 0. The number of carbonyl (C=O) groups is 1. The van der Waals surface area contributed by atoms with Crippen LogP contribution < -0.4 is 5.73 Å². The van der Waals surface area contributed by atoms with Crippen LogP contribution >= 0.6 is 0 Å². The molecule has 4 nitrogen and oxygen atoms in total. The van der Waals surface area contributed by atoms with Crippen LogP contribution in [-0.2, 0) is 9.47 Å². The summed E-state index contributed by atoms with van der Waals surface area (Å²) in [5.41, 5.74) is 4.37. The summed E-state index contributed by atoms with van der Waals surface area (Å²) in [4.78, 5) is 11.6. The fourth-order valence-electron chi connectivity index (χ4n) is 1.54. The van der Waals surface area contributed by atoms with Crippen molar-refractivity contribution in [1.82, 2.24) is 0 Å². The minimum absolute atomic E-state index is 0.283.